The molecule has 1 aromatic heterocycles. The molecule has 1 fully saturated rings. The number of ether oxygens (including phenoxy) is 1. The van der Waals surface area contributed by atoms with Crippen molar-refractivity contribution in [2.75, 3.05) is 38.6 Å². The van der Waals surface area contributed by atoms with Crippen molar-refractivity contribution in [3.05, 3.63) is 36.0 Å². The van der Waals surface area contributed by atoms with Gasteiger partial charge in [0.05, 0.1) is 19.4 Å². The first-order valence-electron chi connectivity index (χ1n) is 9.04. The lowest BCUT2D eigenvalue weighted by atomic mass is 10.0. The van der Waals surface area contributed by atoms with Gasteiger partial charge in [-0.3, -0.25) is 14.4 Å². The molecule has 2 aromatic rings. The second kappa shape index (κ2) is 8.33. The number of hydrogen-bond donors (Lipinski definition) is 2. The zero-order chi connectivity index (χ0) is 18.5. The third-order valence-corrected chi connectivity index (χ3v) is 4.94. The molecule has 26 heavy (non-hydrogen) atoms. The Balaban J connectivity index is 1.56. The van der Waals surface area contributed by atoms with Crippen molar-refractivity contribution >= 4 is 11.7 Å². The normalized spacial score (nSPS) is 16.4. The van der Waals surface area contributed by atoms with Gasteiger partial charge in [0, 0.05) is 43.9 Å². The van der Waals surface area contributed by atoms with Crippen molar-refractivity contribution in [3.63, 3.8) is 0 Å². The summed E-state index contributed by atoms with van der Waals surface area (Å²) in [6, 6.07) is 7.91. The van der Waals surface area contributed by atoms with Gasteiger partial charge in [0.2, 0.25) is 0 Å². The van der Waals surface area contributed by atoms with Gasteiger partial charge >= 0.3 is 0 Å². The molecule has 3 rings (SSSR count). The Hall–Kier alpha value is -2.38. The molecule has 1 aliphatic rings. The first kappa shape index (κ1) is 18.4. The molecule has 3 N–H and O–H groups in total. The zero-order valence-corrected chi connectivity index (χ0v) is 15.4. The summed E-state index contributed by atoms with van der Waals surface area (Å²) >= 11 is 0. The summed E-state index contributed by atoms with van der Waals surface area (Å²) in [5.74, 6) is 0.519. The van der Waals surface area contributed by atoms with E-state index in [9.17, 15) is 4.79 Å². The van der Waals surface area contributed by atoms with Gasteiger partial charge in [0.25, 0.3) is 5.91 Å². The van der Waals surface area contributed by atoms with E-state index in [1.165, 1.54) is 0 Å². The van der Waals surface area contributed by atoms with Crippen molar-refractivity contribution < 1.29 is 9.53 Å². The SMILES string of the molecule is C[C@@H](CCNC(=O)c1cccc(-c2cnn(C)c2N)c1)N1CCOCC1. The van der Waals surface area contributed by atoms with Gasteiger partial charge < -0.3 is 15.8 Å². The Morgan fingerprint density at radius 1 is 1.38 bits per heavy atom. The molecule has 0 aliphatic carbocycles. The van der Waals surface area contributed by atoms with Gasteiger partial charge in [0.15, 0.2) is 0 Å². The minimum atomic E-state index is -0.0662. The maximum Gasteiger partial charge on any atom is 0.251 e. The summed E-state index contributed by atoms with van der Waals surface area (Å²) in [7, 11) is 1.80. The van der Waals surface area contributed by atoms with Crippen molar-refractivity contribution in [1.82, 2.24) is 20.0 Å². The molecule has 140 valence electrons. The van der Waals surface area contributed by atoms with E-state index in [1.54, 1.807) is 17.9 Å². The molecule has 2 heterocycles. The molecule has 0 bridgehead atoms. The van der Waals surface area contributed by atoms with E-state index >= 15 is 0 Å². The lowest BCUT2D eigenvalue weighted by molar-refractivity contribution is 0.0187. The number of aromatic nitrogens is 2. The number of nitrogens with two attached hydrogens (primary N) is 1. The summed E-state index contributed by atoms with van der Waals surface area (Å²) in [6.45, 7) is 6.36. The number of carbonyl (C=O) groups excluding carboxylic acids is 1. The van der Waals surface area contributed by atoms with Crippen molar-refractivity contribution in [1.29, 1.82) is 0 Å². The van der Waals surface area contributed by atoms with Gasteiger partial charge in [-0.2, -0.15) is 5.10 Å². The molecule has 0 unspecified atom stereocenters. The number of rotatable bonds is 6. The van der Waals surface area contributed by atoms with Gasteiger partial charge in [-0.05, 0) is 31.0 Å². The van der Waals surface area contributed by atoms with E-state index in [2.05, 4.69) is 22.2 Å². The van der Waals surface area contributed by atoms with Crippen LogP contribution in [0.2, 0.25) is 0 Å². The first-order chi connectivity index (χ1) is 12.6. The smallest absolute Gasteiger partial charge is 0.251 e. The molecule has 1 amide bonds. The number of morpholine rings is 1. The van der Waals surface area contributed by atoms with Crippen molar-refractivity contribution in [2.45, 2.75) is 19.4 Å². The number of nitrogens with one attached hydrogen (secondary N) is 1. The Morgan fingerprint density at radius 3 is 2.85 bits per heavy atom. The zero-order valence-electron chi connectivity index (χ0n) is 15.4. The topological polar surface area (TPSA) is 85.4 Å². The largest absolute Gasteiger partial charge is 0.383 e. The highest BCUT2D eigenvalue weighted by Gasteiger charge is 2.17. The highest BCUT2D eigenvalue weighted by atomic mass is 16.5. The maximum absolute atomic E-state index is 12.5. The van der Waals surface area contributed by atoms with Crippen LogP contribution in [-0.2, 0) is 11.8 Å². The molecule has 7 nitrogen and oxygen atoms in total. The Bertz CT molecular complexity index is 752. The monoisotopic (exact) mass is 357 g/mol. The fourth-order valence-electron chi connectivity index (χ4n) is 3.19. The average Bonchev–Trinajstić information content (AvgIpc) is 3.01. The van der Waals surface area contributed by atoms with Crippen LogP contribution in [0, 0.1) is 0 Å². The number of anilines is 1. The molecule has 7 heteroatoms. The Kier molecular flexibility index (Phi) is 5.90. The van der Waals surface area contributed by atoms with Crippen LogP contribution in [0.15, 0.2) is 30.5 Å². The summed E-state index contributed by atoms with van der Waals surface area (Å²) in [5, 5.41) is 7.18. The number of nitrogens with zero attached hydrogens (tertiary/aromatic N) is 3. The third-order valence-electron chi connectivity index (χ3n) is 4.94. The summed E-state index contributed by atoms with van der Waals surface area (Å²) in [5.41, 5.74) is 8.39. The molecule has 1 aliphatic heterocycles. The standard InChI is InChI=1S/C19H27N5O2/c1-14(24-8-10-26-11-9-24)6-7-21-19(25)16-5-3-4-15(12-16)17-13-22-23(2)18(17)20/h3-5,12-14H,6-11,20H2,1-2H3,(H,21,25)/t14-/m0/s1. The minimum absolute atomic E-state index is 0.0662. The van der Waals surface area contributed by atoms with Crippen LogP contribution in [0.4, 0.5) is 5.82 Å². The fraction of sp³-hybridized carbons (Fsp3) is 0.474. The van der Waals surface area contributed by atoms with E-state index in [0.717, 1.165) is 43.9 Å². The summed E-state index contributed by atoms with van der Waals surface area (Å²) in [6.07, 6.45) is 2.64. The molecule has 1 atom stereocenters. The fourth-order valence-corrected chi connectivity index (χ4v) is 3.19. The second-order valence-electron chi connectivity index (χ2n) is 6.69. The lowest BCUT2D eigenvalue weighted by Crippen LogP contribution is -2.43. The van der Waals surface area contributed by atoms with E-state index in [1.807, 2.05) is 24.3 Å². The molecular weight excluding hydrogens is 330 g/mol. The van der Waals surface area contributed by atoms with Crippen molar-refractivity contribution in [3.8, 4) is 11.1 Å². The predicted molar refractivity (Wildman–Crippen MR) is 102 cm³/mol. The highest BCUT2D eigenvalue weighted by molar-refractivity contribution is 5.95. The average molecular weight is 357 g/mol. The number of benzene rings is 1. The predicted octanol–water partition coefficient (Wildman–Crippen LogP) is 1.51. The minimum Gasteiger partial charge on any atom is -0.383 e. The first-order valence-corrected chi connectivity index (χ1v) is 9.04. The molecule has 0 saturated carbocycles. The second-order valence-corrected chi connectivity index (χ2v) is 6.69. The summed E-state index contributed by atoms with van der Waals surface area (Å²) < 4.78 is 7.00. The quantitative estimate of drug-likeness (QED) is 0.818. The number of aryl methyl sites for hydroxylation is 1. The van der Waals surface area contributed by atoms with Gasteiger partial charge in [-0.15, -0.1) is 0 Å². The maximum atomic E-state index is 12.5. The highest BCUT2D eigenvalue weighted by Crippen LogP contribution is 2.25. The van der Waals surface area contributed by atoms with Gasteiger partial charge in [0.1, 0.15) is 5.82 Å². The van der Waals surface area contributed by atoms with Crippen LogP contribution >= 0.6 is 0 Å². The van der Waals surface area contributed by atoms with Crippen LogP contribution in [0.5, 0.6) is 0 Å². The van der Waals surface area contributed by atoms with E-state index in [0.29, 0.717) is 24.0 Å². The number of carbonyl (C=O) groups is 1. The van der Waals surface area contributed by atoms with E-state index < -0.39 is 0 Å². The van der Waals surface area contributed by atoms with Crippen LogP contribution in [0.3, 0.4) is 0 Å². The molecule has 1 saturated heterocycles. The third kappa shape index (κ3) is 4.23. The van der Waals surface area contributed by atoms with Crippen LogP contribution in [0.25, 0.3) is 11.1 Å². The van der Waals surface area contributed by atoms with Gasteiger partial charge in [-0.25, -0.2) is 0 Å². The van der Waals surface area contributed by atoms with Crippen LogP contribution in [0.1, 0.15) is 23.7 Å². The number of amides is 1. The molecule has 0 radical (unpaired) electrons. The van der Waals surface area contributed by atoms with Gasteiger partial charge in [-0.1, -0.05) is 12.1 Å². The molecule has 1 aromatic carbocycles. The number of hydrogen-bond acceptors (Lipinski definition) is 5. The Labute approximate surface area is 154 Å². The van der Waals surface area contributed by atoms with E-state index in [4.69, 9.17) is 10.5 Å². The molecule has 0 spiro atoms. The number of nitrogen functional groups attached to an aromatic ring is 1. The van der Waals surface area contributed by atoms with Crippen molar-refractivity contribution in [2.24, 2.45) is 7.05 Å². The van der Waals surface area contributed by atoms with E-state index in [-0.39, 0.29) is 5.91 Å². The van der Waals surface area contributed by atoms with Crippen LogP contribution < -0.4 is 11.1 Å². The lowest BCUT2D eigenvalue weighted by Gasteiger charge is -2.32. The van der Waals surface area contributed by atoms with Crippen LogP contribution in [-0.4, -0.2) is 59.5 Å². The Morgan fingerprint density at radius 2 is 2.15 bits per heavy atom. The molecular formula is C19H27N5O2. The summed E-state index contributed by atoms with van der Waals surface area (Å²) in [4.78, 5) is 14.9.